The lowest BCUT2D eigenvalue weighted by Crippen LogP contribution is -2.36. The second kappa shape index (κ2) is 9.07. The van der Waals surface area contributed by atoms with Gasteiger partial charge in [-0.2, -0.15) is 16.9 Å². The zero-order valence-corrected chi connectivity index (χ0v) is 18.2. The minimum absolute atomic E-state index is 0.0490. The molecule has 0 unspecified atom stereocenters. The first-order valence-electron chi connectivity index (χ1n) is 10.4. The lowest BCUT2D eigenvalue weighted by Gasteiger charge is -2.16. The first-order valence-corrected chi connectivity index (χ1v) is 11.5. The molecule has 9 heteroatoms. The number of carbonyl (C=O) groups excluding carboxylic acids is 2. The number of aryl methyl sites for hydroxylation is 2. The number of unbranched alkanes of at least 4 members (excludes halogenated alkanes) is 1. The quantitative estimate of drug-likeness (QED) is 0.442. The Labute approximate surface area is 180 Å². The molecule has 2 aromatic heterocycles. The number of aromatic nitrogens is 3. The second-order valence-corrected chi connectivity index (χ2v) is 9.28. The maximum Gasteiger partial charge on any atom is 0.315 e. The van der Waals surface area contributed by atoms with E-state index in [4.69, 9.17) is 0 Å². The number of amides is 3. The maximum absolute atomic E-state index is 12.2. The summed E-state index contributed by atoms with van der Waals surface area (Å²) in [6, 6.07) is 6.35. The van der Waals surface area contributed by atoms with Gasteiger partial charge in [-0.15, -0.1) is 0 Å². The molecule has 0 aliphatic carbocycles. The van der Waals surface area contributed by atoms with Gasteiger partial charge in [0.05, 0.1) is 17.8 Å². The molecule has 2 aromatic rings. The van der Waals surface area contributed by atoms with E-state index in [1.54, 1.807) is 6.20 Å². The van der Waals surface area contributed by atoms with Gasteiger partial charge in [-0.1, -0.05) is 12.5 Å². The molecule has 3 amide bonds. The van der Waals surface area contributed by atoms with Gasteiger partial charge in [0.15, 0.2) is 5.82 Å². The fourth-order valence-electron chi connectivity index (χ4n) is 4.07. The highest BCUT2D eigenvalue weighted by Crippen LogP contribution is 2.33. The molecule has 0 radical (unpaired) electrons. The first-order chi connectivity index (χ1) is 14.5. The molecule has 2 aliphatic rings. The molecule has 4 heterocycles. The summed E-state index contributed by atoms with van der Waals surface area (Å²) in [5.41, 5.74) is 2.97. The third-order valence-corrected chi connectivity index (χ3v) is 7.11. The molecule has 8 nitrogen and oxygen atoms in total. The van der Waals surface area contributed by atoms with Crippen LogP contribution in [-0.4, -0.2) is 49.8 Å². The predicted molar refractivity (Wildman–Crippen MR) is 117 cm³/mol. The van der Waals surface area contributed by atoms with Crippen LogP contribution in [0.5, 0.6) is 0 Å². The van der Waals surface area contributed by atoms with Crippen LogP contribution < -0.4 is 16.0 Å². The van der Waals surface area contributed by atoms with Crippen molar-refractivity contribution in [3.8, 4) is 5.82 Å². The molecule has 160 valence electrons. The molecule has 4 rings (SSSR count). The molecular weight excluding hydrogens is 400 g/mol. The van der Waals surface area contributed by atoms with Gasteiger partial charge in [0, 0.05) is 35.9 Å². The molecule has 2 aliphatic heterocycles. The number of pyridine rings is 1. The highest BCUT2D eigenvalue weighted by atomic mass is 32.2. The Morgan fingerprint density at radius 3 is 2.90 bits per heavy atom. The van der Waals surface area contributed by atoms with Crippen LogP contribution in [0.15, 0.2) is 24.4 Å². The standard InChI is InChI=1S/C21H28N6O2S/c1-13-9-14(2)27(26-13)18-8-7-15(10-22-18)11-23-19(28)6-4-3-5-17-20-16(12-30-17)24-21(29)25-20/h7-10,16-17,20H,3-6,11-12H2,1-2H3,(H,23,28)(H2,24,25,29)/t16-,17-,20-/m0/s1. The van der Waals surface area contributed by atoms with Crippen LogP contribution in [0.25, 0.3) is 5.82 Å². The Morgan fingerprint density at radius 1 is 1.30 bits per heavy atom. The fraction of sp³-hybridized carbons (Fsp3) is 0.524. The lowest BCUT2D eigenvalue weighted by atomic mass is 10.0. The number of hydrogen-bond acceptors (Lipinski definition) is 5. The number of nitrogens with one attached hydrogen (secondary N) is 3. The minimum Gasteiger partial charge on any atom is -0.352 e. The molecule has 0 aromatic carbocycles. The van der Waals surface area contributed by atoms with Crippen LogP contribution in [0.3, 0.4) is 0 Å². The average Bonchev–Trinajstić information content (AvgIpc) is 3.38. The summed E-state index contributed by atoms with van der Waals surface area (Å²) in [6.45, 7) is 4.43. The zero-order valence-electron chi connectivity index (χ0n) is 17.4. The SMILES string of the molecule is Cc1cc(C)n(-c2ccc(CNC(=O)CCCC[C@@H]3SC[C@@H]4NC(=O)N[C@@H]43)cn2)n1. The van der Waals surface area contributed by atoms with Gasteiger partial charge < -0.3 is 16.0 Å². The normalized spacial score (nSPS) is 22.5. The number of nitrogens with zero attached hydrogens (tertiary/aromatic N) is 3. The van der Waals surface area contributed by atoms with E-state index in [1.807, 2.05) is 48.5 Å². The molecule has 3 N–H and O–H groups in total. The van der Waals surface area contributed by atoms with Gasteiger partial charge in [-0.25, -0.2) is 14.5 Å². The van der Waals surface area contributed by atoms with Crippen molar-refractivity contribution in [1.82, 2.24) is 30.7 Å². The third kappa shape index (κ3) is 4.77. The Morgan fingerprint density at radius 2 is 2.17 bits per heavy atom. The van der Waals surface area contributed by atoms with Crippen LogP contribution in [-0.2, 0) is 11.3 Å². The van der Waals surface area contributed by atoms with Crippen LogP contribution >= 0.6 is 11.8 Å². The fourth-order valence-corrected chi connectivity index (χ4v) is 5.61. The highest BCUT2D eigenvalue weighted by molar-refractivity contribution is 8.00. The summed E-state index contributed by atoms with van der Waals surface area (Å²) in [4.78, 5) is 28.0. The number of hydrogen-bond donors (Lipinski definition) is 3. The summed E-state index contributed by atoms with van der Waals surface area (Å²) in [6.07, 6.45) is 5.18. The Bertz CT molecular complexity index is 913. The van der Waals surface area contributed by atoms with Crippen molar-refractivity contribution in [1.29, 1.82) is 0 Å². The van der Waals surface area contributed by atoms with Gasteiger partial charge in [-0.05, 0) is 44.4 Å². The van der Waals surface area contributed by atoms with E-state index < -0.39 is 0 Å². The molecular formula is C21H28N6O2S. The summed E-state index contributed by atoms with van der Waals surface area (Å²) in [7, 11) is 0. The van der Waals surface area contributed by atoms with E-state index in [2.05, 4.69) is 26.0 Å². The topological polar surface area (TPSA) is 101 Å². The molecule has 2 fully saturated rings. The Balaban J connectivity index is 1.15. The average molecular weight is 429 g/mol. The molecule has 0 bridgehead atoms. The maximum atomic E-state index is 12.2. The molecule has 0 saturated carbocycles. The van der Waals surface area contributed by atoms with Gasteiger partial charge in [0.2, 0.25) is 5.91 Å². The van der Waals surface area contributed by atoms with Crippen molar-refractivity contribution in [2.75, 3.05) is 5.75 Å². The second-order valence-electron chi connectivity index (χ2n) is 8.01. The Kier molecular flexibility index (Phi) is 6.26. The van der Waals surface area contributed by atoms with Crippen molar-refractivity contribution in [2.24, 2.45) is 0 Å². The third-order valence-electron chi connectivity index (χ3n) is 5.61. The van der Waals surface area contributed by atoms with Gasteiger partial charge in [0.25, 0.3) is 0 Å². The van der Waals surface area contributed by atoms with Crippen molar-refractivity contribution < 1.29 is 9.59 Å². The van der Waals surface area contributed by atoms with Crippen molar-refractivity contribution >= 4 is 23.7 Å². The zero-order chi connectivity index (χ0) is 21.1. The van der Waals surface area contributed by atoms with Crippen LogP contribution in [0.4, 0.5) is 4.79 Å². The van der Waals surface area contributed by atoms with E-state index in [-0.39, 0.29) is 24.0 Å². The van der Waals surface area contributed by atoms with Crippen LogP contribution in [0.1, 0.15) is 42.6 Å². The monoisotopic (exact) mass is 428 g/mol. The van der Waals surface area contributed by atoms with Gasteiger partial charge >= 0.3 is 6.03 Å². The molecule has 0 spiro atoms. The van der Waals surface area contributed by atoms with E-state index in [0.29, 0.717) is 18.2 Å². The van der Waals surface area contributed by atoms with Crippen molar-refractivity contribution in [3.63, 3.8) is 0 Å². The number of rotatable bonds is 8. The van der Waals surface area contributed by atoms with Crippen LogP contribution in [0.2, 0.25) is 0 Å². The number of fused-ring (bicyclic) bond motifs is 1. The van der Waals surface area contributed by atoms with Crippen molar-refractivity contribution in [2.45, 2.75) is 63.4 Å². The predicted octanol–water partition coefficient (Wildman–Crippen LogP) is 2.23. The van der Waals surface area contributed by atoms with E-state index in [9.17, 15) is 9.59 Å². The molecule has 3 atom stereocenters. The summed E-state index contributed by atoms with van der Waals surface area (Å²) in [5.74, 6) is 1.81. The summed E-state index contributed by atoms with van der Waals surface area (Å²) in [5, 5.41) is 13.8. The highest BCUT2D eigenvalue weighted by Gasteiger charge is 2.42. The summed E-state index contributed by atoms with van der Waals surface area (Å²) >= 11 is 1.91. The minimum atomic E-state index is -0.0490. The first kappa shape index (κ1) is 20.7. The number of thioether (sulfide) groups is 1. The van der Waals surface area contributed by atoms with Crippen molar-refractivity contribution in [3.05, 3.63) is 41.3 Å². The smallest absolute Gasteiger partial charge is 0.315 e. The number of carbonyl (C=O) groups is 2. The lowest BCUT2D eigenvalue weighted by molar-refractivity contribution is -0.121. The van der Waals surface area contributed by atoms with E-state index in [0.717, 1.165) is 47.8 Å². The largest absolute Gasteiger partial charge is 0.352 e. The molecule has 30 heavy (non-hydrogen) atoms. The van der Waals surface area contributed by atoms with E-state index in [1.165, 1.54) is 0 Å². The van der Waals surface area contributed by atoms with Gasteiger partial charge in [-0.3, -0.25) is 4.79 Å². The summed E-state index contributed by atoms with van der Waals surface area (Å²) < 4.78 is 1.82. The Hall–Kier alpha value is -2.55. The molecule has 2 saturated heterocycles. The number of urea groups is 1. The van der Waals surface area contributed by atoms with E-state index >= 15 is 0 Å². The van der Waals surface area contributed by atoms with Gasteiger partial charge in [0.1, 0.15) is 0 Å². The van der Waals surface area contributed by atoms with Crippen LogP contribution in [0, 0.1) is 13.8 Å².